The zero-order valence-corrected chi connectivity index (χ0v) is 12.7. The summed E-state index contributed by atoms with van der Waals surface area (Å²) in [5.74, 6) is -0.940. The summed E-state index contributed by atoms with van der Waals surface area (Å²) in [6, 6.07) is -0.908. The van der Waals surface area contributed by atoms with Gasteiger partial charge in [0.25, 0.3) is 0 Å². The molecule has 0 saturated heterocycles. The number of rotatable bonds is 9. The average molecular weight is 272 g/mol. The first kappa shape index (κ1) is 17.7. The van der Waals surface area contributed by atoms with Gasteiger partial charge in [0.2, 0.25) is 0 Å². The highest BCUT2D eigenvalue weighted by atomic mass is 16.4. The van der Waals surface area contributed by atoms with Crippen LogP contribution in [0.15, 0.2) is 0 Å². The molecule has 5 heteroatoms. The molecule has 0 bridgehead atoms. The summed E-state index contributed by atoms with van der Waals surface area (Å²) in [5, 5.41) is 9.11. The molecule has 2 amide bonds. The molecule has 1 unspecified atom stereocenters. The molecule has 0 aliphatic heterocycles. The summed E-state index contributed by atoms with van der Waals surface area (Å²) in [4.78, 5) is 26.6. The topological polar surface area (TPSA) is 60.9 Å². The van der Waals surface area contributed by atoms with Gasteiger partial charge in [0, 0.05) is 20.1 Å². The Morgan fingerprint density at radius 2 is 1.53 bits per heavy atom. The number of carbonyl (C=O) groups is 2. The molecule has 5 nitrogen and oxygen atoms in total. The van der Waals surface area contributed by atoms with E-state index in [9.17, 15) is 9.59 Å². The smallest absolute Gasteiger partial charge is 0.326 e. The van der Waals surface area contributed by atoms with E-state index >= 15 is 0 Å². The molecule has 1 N–H and O–H groups in total. The van der Waals surface area contributed by atoms with Gasteiger partial charge < -0.3 is 14.9 Å². The van der Waals surface area contributed by atoms with Crippen LogP contribution >= 0.6 is 0 Å². The van der Waals surface area contributed by atoms with Gasteiger partial charge in [-0.05, 0) is 19.3 Å². The lowest BCUT2D eigenvalue weighted by Gasteiger charge is -2.31. The van der Waals surface area contributed by atoms with Gasteiger partial charge in [-0.2, -0.15) is 0 Å². The zero-order chi connectivity index (χ0) is 14.8. The predicted molar refractivity (Wildman–Crippen MR) is 76.3 cm³/mol. The lowest BCUT2D eigenvalue weighted by atomic mass is 10.2. The molecule has 19 heavy (non-hydrogen) atoms. The van der Waals surface area contributed by atoms with E-state index in [4.69, 9.17) is 5.11 Å². The SMILES string of the molecule is CCCCN(CCCC)C(=O)N(C)C(CC)C(=O)O. The predicted octanol–water partition coefficient (Wildman–Crippen LogP) is 2.80. The summed E-state index contributed by atoms with van der Waals surface area (Å²) in [6.45, 7) is 7.35. The molecule has 0 aliphatic carbocycles. The normalized spacial score (nSPS) is 12.0. The molecule has 0 spiro atoms. The first-order valence-corrected chi connectivity index (χ1v) is 7.24. The fourth-order valence-electron chi connectivity index (χ4n) is 1.97. The third-order valence-electron chi connectivity index (χ3n) is 3.27. The number of nitrogens with zero attached hydrogens (tertiary/aromatic N) is 2. The summed E-state index contributed by atoms with van der Waals surface area (Å²) < 4.78 is 0. The lowest BCUT2D eigenvalue weighted by molar-refractivity contribution is -0.142. The summed E-state index contributed by atoms with van der Waals surface area (Å²) >= 11 is 0. The van der Waals surface area contributed by atoms with Crippen molar-refractivity contribution in [2.45, 2.75) is 58.9 Å². The molecular formula is C14H28N2O3. The van der Waals surface area contributed by atoms with Crippen LogP contribution in [0.5, 0.6) is 0 Å². The van der Waals surface area contributed by atoms with E-state index in [1.54, 1.807) is 18.9 Å². The third kappa shape index (κ3) is 5.94. The fraction of sp³-hybridized carbons (Fsp3) is 0.857. The van der Waals surface area contributed by atoms with Gasteiger partial charge in [-0.1, -0.05) is 33.6 Å². The van der Waals surface area contributed by atoms with Crippen molar-refractivity contribution in [2.75, 3.05) is 20.1 Å². The van der Waals surface area contributed by atoms with Crippen molar-refractivity contribution in [3.05, 3.63) is 0 Å². The number of aliphatic carboxylic acids is 1. The average Bonchev–Trinajstić information content (AvgIpc) is 2.38. The molecule has 0 aromatic carbocycles. The summed E-state index contributed by atoms with van der Waals surface area (Å²) in [7, 11) is 1.58. The molecule has 0 heterocycles. The number of carboxylic acid groups (broad SMARTS) is 1. The third-order valence-corrected chi connectivity index (χ3v) is 3.27. The minimum absolute atomic E-state index is 0.170. The van der Waals surface area contributed by atoms with Gasteiger partial charge in [-0.15, -0.1) is 0 Å². The standard InChI is InChI=1S/C14H28N2O3/c1-5-8-10-16(11-9-6-2)14(19)15(4)12(7-3)13(17)18/h12H,5-11H2,1-4H3,(H,17,18). The van der Waals surface area contributed by atoms with E-state index in [1.165, 1.54) is 4.90 Å². The van der Waals surface area contributed by atoms with E-state index in [1.807, 2.05) is 0 Å². The van der Waals surface area contributed by atoms with Crippen LogP contribution < -0.4 is 0 Å². The Hall–Kier alpha value is -1.26. The van der Waals surface area contributed by atoms with Gasteiger partial charge in [-0.25, -0.2) is 9.59 Å². The second-order valence-electron chi connectivity index (χ2n) is 4.85. The van der Waals surface area contributed by atoms with Crippen LogP contribution in [0.1, 0.15) is 52.9 Å². The van der Waals surface area contributed by atoms with E-state index in [0.717, 1.165) is 25.7 Å². The Morgan fingerprint density at radius 3 is 1.84 bits per heavy atom. The van der Waals surface area contributed by atoms with Crippen molar-refractivity contribution in [2.24, 2.45) is 0 Å². The van der Waals surface area contributed by atoms with Crippen LogP contribution in [0.25, 0.3) is 0 Å². The number of hydrogen-bond acceptors (Lipinski definition) is 2. The molecule has 0 radical (unpaired) electrons. The maximum Gasteiger partial charge on any atom is 0.326 e. The number of carbonyl (C=O) groups excluding carboxylic acids is 1. The van der Waals surface area contributed by atoms with Gasteiger partial charge in [-0.3, -0.25) is 0 Å². The maximum atomic E-state index is 12.3. The maximum absolute atomic E-state index is 12.3. The Kier molecular flexibility index (Phi) is 9.00. The van der Waals surface area contributed by atoms with Crippen LogP contribution in [-0.2, 0) is 4.79 Å². The largest absolute Gasteiger partial charge is 0.480 e. The Labute approximate surface area is 116 Å². The number of hydrogen-bond donors (Lipinski definition) is 1. The minimum atomic E-state index is -0.940. The summed E-state index contributed by atoms with van der Waals surface area (Å²) in [5.41, 5.74) is 0. The quantitative estimate of drug-likeness (QED) is 0.702. The van der Waals surface area contributed by atoms with E-state index < -0.39 is 12.0 Å². The van der Waals surface area contributed by atoms with Gasteiger partial charge >= 0.3 is 12.0 Å². The van der Waals surface area contributed by atoms with Gasteiger partial charge in [0.05, 0.1) is 0 Å². The Balaban J connectivity index is 4.69. The second-order valence-corrected chi connectivity index (χ2v) is 4.85. The lowest BCUT2D eigenvalue weighted by Crippen LogP contribution is -2.49. The molecule has 0 fully saturated rings. The number of amides is 2. The van der Waals surface area contributed by atoms with Crippen molar-refractivity contribution < 1.29 is 14.7 Å². The first-order chi connectivity index (χ1) is 8.99. The molecule has 0 rings (SSSR count). The van der Waals surface area contributed by atoms with Crippen LogP contribution in [0.3, 0.4) is 0 Å². The number of unbranched alkanes of at least 4 members (excludes halogenated alkanes) is 2. The number of carboxylic acids is 1. The zero-order valence-electron chi connectivity index (χ0n) is 12.7. The molecule has 0 saturated carbocycles. The second kappa shape index (κ2) is 9.64. The molecule has 0 aromatic rings. The molecule has 112 valence electrons. The van der Waals surface area contributed by atoms with Crippen LogP contribution in [0, 0.1) is 0 Å². The van der Waals surface area contributed by atoms with Crippen LogP contribution in [0.2, 0.25) is 0 Å². The Bertz CT molecular complexity index is 274. The van der Waals surface area contributed by atoms with E-state index in [0.29, 0.717) is 19.5 Å². The van der Waals surface area contributed by atoms with E-state index in [-0.39, 0.29) is 6.03 Å². The minimum Gasteiger partial charge on any atom is -0.480 e. The van der Waals surface area contributed by atoms with Crippen molar-refractivity contribution >= 4 is 12.0 Å². The van der Waals surface area contributed by atoms with Crippen molar-refractivity contribution in [3.63, 3.8) is 0 Å². The highest BCUT2D eigenvalue weighted by Gasteiger charge is 2.27. The highest BCUT2D eigenvalue weighted by molar-refractivity contribution is 5.82. The monoisotopic (exact) mass is 272 g/mol. The molecule has 0 aromatic heterocycles. The fourth-order valence-corrected chi connectivity index (χ4v) is 1.97. The van der Waals surface area contributed by atoms with Crippen molar-refractivity contribution in [3.8, 4) is 0 Å². The van der Waals surface area contributed by atoms with Crippen molar-refractivity contribution in [1.82, 2.24) is 9.80 Å². The number of likely N-dealkylation sites (N-methyl/N-ethyl adjacent to an activating group) is 1. The first-order valence-electron chi connectivity index (χ1n) is 7.24. The van der Waals surface area contributed by atoms with E-state index in [2.05, 4.69) is 13.8 Å². The molecule has 1 atom stereocenters. The summed E-state index contributed by atoms with van der Waals surface area (Å²) in [6.07, 6.45) is 4.37. The van der Waals surface area contributed by atoms with Crippen molar-refractivity contribution in [1.29, 1.82) is 0 Å². The van der Waals surface area contributed by atoms with Crippen LogP contribution in [-0.4, -0.2) is 53.1 Å². The Morgan fingerprint density at radius 1 is 1.05 bits per heavy atom. The van der Waals surface area contributed by atoms with Gasteiger partial charge in [0.1, 0.15) is 6.04 Å². The molecule has 0 aliphatic rings. The number of urea groups is 1. The van der Waals surface area contributed by atoms with Gasteiger partial charge in [0.15, 0.2) is 0 Å². The molecular weight excluding hydrogens is 244 g/mol. The van der Waals surface area contributed by atoms with Crippen LogP contribution in [0.4, 0.5) is 4.79 Å². The highest BCUT2D eigenvalue weighted by Crippen LogP contribution is 2.09.